The maximum atomic E-state index is 12.0. The molecular formula is C13H13N5O. The number of imidazole rings is 1. The number of nitrogens with one attached hydrogen (secondary N) is 3. The van der Waals surface area contributed by atoms with Gasteiger partial charge in [0.2, 0.25) is 0 Å². The second-order valence-electron chi connectivity index (χ2n) is 4.25. The highest BCUT2D eigenvalue weighted by molar-refractivity contribution is 5.97. The Kier molecular flexibility index (Phi) is 2.97. The highest BCUT2D eigenvalue weighted by Gasteiger charge is 2.06. The zero-order chi connectivity index (χ0) is 13.1. The first-order valence-electron chi connectivity index (χ1n) is 6.01. The Balaban J connectivity index is 1.63. The number of aromatic nitrogens is 4. The number of hydrogen-bond donors (Lipinski definition) is 3. The molecule has 2 heterocycles. The first-order valence-corrected chi connectivity index (χ1v) is 6.01. The standard InChI is InChI=1S/C13H13N5O/c19-13(15-4-3-11-7-14-8-16-11)9-1-2-10-6-17-18-12(10)5-9/h1-2,5-8H,3-4H2,(H,14,16)(H,15,19)(H,17,18). The molecule has 0 aliphatic rings. The van der Waals surface area contributed by atoms with Gasteiger partial charge in [0.25, 0.3) is 5.91 Å². The molecule has 3 rings (SSSR count). The van der Waals surface area contributed by atoms with Gasteiger partial charge >= 0.3 is 0 Å². The summed E-state index contributed by atoms with van der Waals surface area (Å²) in [5.41, 5.74) is 2.49. The van der Waals surface area contributed by atoms with E-state index in [-0.39, 0.29) is 5.91 Å². The molecule has 3 N–H and O–H groups in total. The largest absolute Gasteiger partial charge is 0.352 e. The van der Waals surface area contributed by atoms with Crippen molar-refractivity contribution >= 4 is 16.8 Å². The topological polar surface area (TPSA) is 86.5 Å². The van der Waals surface area contributed by atoms with E-state index in [0.717, 1.165) is 23.0 Å². The number of fused-ring (bicyclic) bond motifs is 1. The fourth-order valence-corrected chi connectivity index (χ4v) is 1.91. The predicted molar refractivity (Wildman–Crippen MR) is 70.7 cm³/mol. The third-order valence-electron chi connectivity index (χ3n) is 2.94. The van der Waals surface area contributed by atoms with Gasteiger partial charge in [0.15, 0.2) is 0 Å². The second-order valence-corrected chi connectivity index (χ2v) is 4.25. The molecule has 6 heteroatoms. The van der Waals surface area contributed by atoms with Crippen molar-refractivity contribution < 1.29 is 4.79 Å². The van der Waals surface area contributed by atoms with E-state index < -0.39 is 0 Å². The van der Waals surface area contributed by atoms with Crippen LogP contribution in [0.25, 0.3) is 10.9 Å². The normalized spacial score (nSPS) is 10.7. The lowest BCUT2D eigenvalue weighted by Crippen LogP contribution is -2.25. The molecule has 3 aromatic rings. The summed E-state index contributed by atoms with van der Waals surface area (Å²) in [6.07, 6.45) is 5.85. The van der Waals surface area contributed by atoms with E-state index in [4.69, 9.17) is 0 Å². The van der Waals surface area contributed by atoms with Crippen LogP contribution >= 0.6 is 0 Å². The molecule has 96 valence electrons. The molecule has 0 fully saturated rings. The van der Waals surface area contributed by atoms with Crippen LogP contribution in [0.4, 0.5) is 0 Å². The molecule has 19 heavy (non-hydrogen) atoms. The van der Waals surface area contributed by atoms with E-state index in [1.807, 2.05) is 6.07 Å². The minimum absolute atomic E-state index is 0.0870. The molecule has 0 unspecified atom stereocenters. The Morgan fingerprint density at radius 3 is 3.11 bits per heavy atom. The molecule has 0 bridgehead atoms. The van der Waals surface area contributed by atoms with Gasteiger partial charge in [-0.15, -0.1) is 0 Å². The molecule has 0 saturated heterocycles. The molecule has 0 saturated carbocycles. The number of carbonyl (C=O) groups excluding carboxylic acids is 1. The summed E-state index contributed by atoms with van der Waals surface area (Å²) in [7, 11) is 0. The number of rotatable bonds is 4. The van der Waals surface area contributed by atoms with Crippen LogP contribution in [0, 0.1) is 0 Å². The van der Waals surface area contributed by atoms with Crippen molar-refractivity contribution in [3.05, 3.63) is 48.2 Å². The van der Waals surface area contributed by atoms with Crippen molar-refractivity contribution in [2.75, 3.05) is 6.54 Å². The summed E-state index contributed by atoms with van der Waals surface area (Å²) < 4.78 is 0. The SMILES string of the molecule is O=C(NCCc1cnc[nH]1)c1ccc2cn[nH]c2c1. The van der Waals surface area contributed by atoms with Crippen LogP contribution in [0.2, 0.25) is 0 Å². The Morgan fingerprint density at radius 2 is 2.26 bits per heavy atom. The molecule has 0 atom stereocenters. The molecule has 0 aliphatic carbocycles. The summed E-state index contributed by atoms with van der Waals surface area (Å²) in [5, 5.41) is 10.6. The van der Waals surface area contributed by atoms with E-state index in [9.17, 15) is 4.79 Å². The van der Waals surface area contributed by atoms with Gasteiger partial charge in [-0.1, -0.05) is 6.07 Å². The van der Waals surface area contributed by atoms with Crippen molar-refractivity contribution in [3.63, 3.8) is 0 Å². The number of nitrogens with zero attached hydrogens (tertiary/aromatic N) is 2. The third kappa shape index (κ3) is 2.47. The van der Waals surface area contributed by atoms with Crippen LogP contribution in [0.1, 0.15) is 16.1 Å². The molecule has 2 aromatic heterocycles. The fraction of sp³-hybridized carbons (Fsp3) is 0.154. The number of aromatic amines is 2. The van der Waals surface area contributed by atoms with Gasteiger partial charge in [-0.2, -0.15) is 5.10 Å². The molecule has 1 amide bonds. The minimum atomic E-state index is -0.0870. The van der Waals surface area contributed by atoms with Gasteiger partial charge in [-0.05, 0) is 12.1 Å². The highest BCUT2D eigenvalue weighted by Crippen LogP contribution is 2.12. The maximum Gasteiger partial charge on any atom is 0.251 e. The van der Waals surface area contributed by atoms with E-state index in [2.05, 4.69) is 25.5 Å². The quantitative estimate of drug-likeness (QED) is 0.656. The summed E-state index contributed by atoms with van der Waals surface area (Å²) in [4.78, 5) is 18.9. The Bertz CT molecular complexity index is 686. The lowest BCUT2D eigenvalue weighted by Gasteiger charge is -2.04. The smallest absolute Gasteiger partial charge is 0.251 e. The molecule has 1 aromatic carbocycles. The summed E-state index contributed by atoms with van der Waals surface area (Å²) >= 11 is 0. The van der Waals surface area contributed by atoms with Crippen molar-refractivity contribution in [2.24, 2.45) is 0 Å². The predicted octanol–water partition coefficient (Wildman–Crippen LogP) is 1.26. The van der Waals surface area contributed by atoms with Crippen molar-refractivity contribution in [1.29, 1.82) is 0 Å². The van der Waals surface area contributed by atoms with E-state index in [0.29, 0.717) is 12.1 Å². The zero-order valence-corrected chi connectivity index (χ0v) is 10.2. The second kappa shape index (κ2) is 4.93. The summed E-state index contributed by atoms with van der Waals surface area (Å²) in [6.45, 7) is 0.571. The maximum absolute atomic E-state index is 12.0. The van der Waals surface area contributed by atoms with Crippen LogP contribution in [0.15, 0.2) is 36.9 Å². The average molecular weight is 255 g/mol. The van der Waals surface area contributed by atoms with Gasteiger partial charge in [-0.3, -0.25) is 9.89 Å². The number of benzene rings is 1. The fourth-order valence-electron chi connectivity index (χ4n) is 1.91. The first-order chi connectivity index (χ1) is 9.33. The average Bonchev–Trinajstić information content (AvgIpc) is 3.08. The van der Waals surface area contributed by atoms with Crippen LogP contribution in [0.5, 0.6) is 0 Å². The van der Waals surface area contributed by atoms with E-state index in [1.54, 1.807) is 30.9 Å². The van der Waals surface area contributed by atoms with Gasteiger partial charge in [0.05, 0.1) is 18.0 Å². The summed E-state index contributed by atoms with van der Waals surface area (Å²) in [6, 6.07) is 5.47. The van der Waals surface area contributed by atoms with Crippen LogP contribution in [-0.4, -0.2) is 32.6 Å². The number of hydrogen-bond acceptors (Lipinski definition) is 3. The monoisotopic (exact) mass is 255 g/mol. The van der Waals surface area contributed by atoms with Crippen molar-refractivity contribution in [3.8, 4) is 0 Å². The van der Waals surface area contributed by atoms with Gasteiger partial charge in [-0.25, -0.2) is 4.98 Å². The van der Waals surface area contributed by atoms with E-state index in [1.165, 1.54) is 0 Å². The van der Waals surface area contributed by atoms with Gasteiger partial charge < -0.3 is 10.3 Å². The van der Waals surface area contributed by atoms with Gasteiger partial charge in [0, 0.05) is 35.8 Å². The lowest BCUT2D eigenvalue weighted by molar-refractivity contribution is 0.0954. The highest BCUT2D eigenvalue weighted by atomic mass is 16.1. The van der Waals surface area contributed by atoms with E-state index >= 15 is 0 Å². The van der Waals surface area contributed by atoms with Crippen LogP contribution in [-0.2, 0) is 6.42 Å². The van der Waals surface area contributed by atoms with Gasteiger partial charge in [0.1, 0.15) is 0 Å². The number of H-pyrrole nitrogens is 2. The Hall–Kier alpha value is -2.63. The van der Waals surface area contributed by atoms with Crippen LogP contribution in [0.3, 0.4) is 0 Å². The lowest BCUT2D eigenvalue weighted by atomic mass is 10.1. The third-order valence-corrected chi connectivity index (χ3v) is 2.94. The van der Waals surface area contributed by atoms with Crippen LogP contribution < -0.4 is 5.32 Å². The first kappa shape index (κ1) is 11.5. The molecule has 0 spiro atoms. The zero-order valence-electron chi connectivity index (χ0n) is 10.2. The van der Waals surface area contributed by atoms with Crippen molar-refractivity contribution in [2.45, 2.75) is 6.42 Å². The van der Waals surface area contributed by atoms with Crippen molar-refractivity contribution in [1.82, 2.24) is 25.5 Å². The summed E-state index contributed by atoms with van der Waals surface area (Å²) in [5.74, 6) is -0.0870. The molecule has 6 nitrogen and oxygen atoms in total. The molecule has 0 radical (unpaired) electrons. The minimum Gasteiger partial charge on any atom is -0.352 e. The number of carbonyl (C=O) groups is 1. The Labute approximate surface area is 109 Å². The molecule has 0 aliphatic heterocycles. The number of amides is 1. The molecular weight excluding hydrogens is 242 g/mol. The Morgan fingerprint density at radius 1 is 1.32 bits per heavy atom.